The van der Waals surface area contributed by atoms with Gasteiger partial charge in [0, 0.05) is 19.8 Å². The molecule has 0 aromatic heterocycles. The lowest BCUT2D eigenvalue weighted by atomic mass is 10.2. The van der Waals surface area contributed by atoms with Gasteiger partial charge in [0.1, 0.15) is 0 Å². The molecule has 2 N–H and O–H groups in total. The summed E-state index contributed by atoms with van der Waals surface area (Å²) in [6.45, 7) is 4.11. The highest BCUT2D eigenvalue weighted by atomic mass is 16.5. The fourth-order valence-corrected chi connectivity index (χ4v) is 1.40. The Morgan fingerprint density at radius 1 is 1.53 bits per heavy atom. The Morgan fingerprint density at radius 2 is 2.27 bits per heavy atom. The van der Waals surface area contributed by atoms with E-state index < -0.39 is 0 Å². The highest BCUT2D eigenvalue weighted by Gasteiger charge is 2.20. The Morgan fingerprint density at radius 3 is 2.87 bits per heavy atom. The SMILES string of the molecule is COCCC(C)NC(=O)CNCC1CC1. The van der Waals surface area contributed by atoms with Crippen LogP contribution >= 0.6 is 0 Å². The molecule has 0 spiro atoms. The zero-order chi connectivity index (χ0) is 11.1. The maximum absolute atomic E-state index is 11.4. The van der Waals surface area contributed by atoms with Crippen molar-refractivity contribution >= 4 is 5.91 Å². The topological polar surface area (TPSA) is 50.4 Å². The smallest absolute Gasteiger partial charge is 0.234 e. The van der Waals surface area contributed by atoms with Gasteiger partial charge in [0.05, 0.1) is 6.54 Å². The Labute approximate surface area is 91.8 Å². The van der Waals surface area contributed by atoms with Gasteiger partial charge in [-0.1, -0.05) is 0 Å². The fourth-order valence-electron chi connectivity index (χ4n) is 1.40. The number of hydrogen-bond donors (Lipinski definition) is 2. The largest absolute Gasteiger partial charge is 0.385 e. The summed E-state index contributed by atoms with van der Waals surface area (Å²) in [6, 6.07) is 0.195. The minimum atomic E-state index is 0.0826. The molecule has 1 saturated carbocycles. The molecule has 1 aliphatic carbocycles. The fraction of sp³-hybridized carbons (Fsp3) is 0.909. The minimum absolute atomic E-state index is 0.0826. The van der Waals surface area contributed by atoms with Gasteiger partial charge in [0.2, 0.25) is 5.91 Å². The van der Waals surface area contributed by atoms with Crippen molar-refractivity contribution < 1.29 is 9.53 Å². The molecule has 1 rings (SSSR count). The van der Waals surface area contributed by atoms with Gasteiger partial charge in [0.25, 0.3) is 0 Å². The van der Waals surface area contributed by atoms with Crippen molar-refractivity contribution in [2.75, 3.05) is 26.8 Å². The molecule has 1 aliphatic rings. The second kappa shape index (κ2) is 6.80. The lowest BCUT2D eigenvalue weighted by Crippen LogP contribution is -2.39. The highest BCUT2D eigenvalue weighted by Crippen LogP contribution is 2.27. The average molecular weight is 214 g/mol. The van der Waals surface area contributed by atoms with Gasteiger partial charge in [-0.15, -0.1) is 0 Å². The first-order valence-corrected chi connectivity index (χ1v) is 5.71. The lowest BCUT2D eigenvalue weighted by molar-refractivity contribution is -0.120. The van der Waals surface area contributed by atoms with Crippen LogP contribution in [0, 0.1) is 5.92 Å². The Bertz CT molecular complexity index is 193. The third kappa shape index (κ3) is 6.47. The van der Waals surface area contributed by atoms with Gasteiger partial charge < -0.3 is 15.4 Å². The molecule has 1 atom stereocenters. The molecule has 0 aliphatic heterocycles. The lowest BCUT2D eigenvalue weighted by Gasteiger charge is -2.13. The normalized spacial score (nSPS) is 17.5. The molecular weight excluding hydrogens is 192 g/mol. The van der Waals surface area contributed by atoms with Crippen molar-refractivity contribution in [2.24, 2.45) is 5.92 Å². The van der Waals surface area contributed by atoms with E-state index in [0.717, 1.165) is 18.9 Å². The van der Waals surface area contributed by atoms with Crippen LogP contribution in [0.1, 0.15) is 26.2 Å². The Hall–Kier alpha value is -0.610. The van der Waals surface area contributed by atoms with Crippen LogP contribution in [0.25, 0.3) is 0 Å². The highest BCUT2D eigenvalue weighted by molar-refractivity contribution is 5.78. The number of carbonyl (C=O) groups excluding carboxylic acids is 1. The van der Waals surface area contributed by atoms with Gasteiger partial charge in [-0.2, -0.15) is 0 Å². The van der Waals surface area contributed by atoms with Gasteiger partial charge in [-0.25, -0.2) is 0 Å². The monoisotopic (exact) mass is 214 g/mol. The van der Waals surface area contributed by atoms with Crippen molar-refractivity contribution in [3.8, 4) is 0 Å². The molecular formula is C11H22N2O2. The van der Waals surface area contributed by atoms with E-state index in [1.54, 1.807) is 7.11 Å². The van der Waals surface area contributed by atoms with Crippen molar-refractivity contribution in [2.45, 2.75) is 32.2 Å². The molecule has 1 fully saturated rings. The van der Waals surface area contributed by atoms with Gasteiger partial charge in [-0.05, 0) is 38.6 Å². The van der Waals surface area contributed by atoms with Crippen LogP contribution < -0.4 is 10.6 Å². The van der Waals surface area contributed by atoms with E-state index >= 15 is 0 Å². The number of methoxy groups -OCH3 is 1. The van der Waals surface area contributed by atoms with Crippen LogP contribution in [0.3, 0.4) is 0 Å². The zero-order valence-corrected chi connectivity index (χ0v) is 9.71. The molecule has 1 unspecified atom stereocenters. The molecule has 0 heterocycles. The first-order chi connectivity index (χ1) is 7.22. The van der Waals surface area contributed by atoms with E-state index in [2.05, 4.69) is 10.6 Å². The van der Waals surface area contributed by atoms with Crippen molar-refractivity contribution in [3.63, 3.8) is 0 Å². The van der Waals surface area contributed by atoms with Crippen LogP contribution in [0.4, 0.5) is 0 Å². The summed E-state index contributed by atoms with van der Waals surface area (Å²) < 4.78 is 4.95. The van der Waals surface area contributed by atoms with E-state index in [-0.39, 0.29) is 11.9 Å². The summed E-state index contributed by atoms with van der Waals surface area (Å²) in [5, 5.41) is 6.09. The molecule has 0 saturated heterocycles. The molecule has 88 valence electrons. The molecule has 15 heavy (non-hydrogen) atoms. The van der Waals surface area contributed by atoms with E-state index in [0.29, 0.717) is 13.2 Å². The molecule has 1 amide bonds. The summed E-state index contributed by atoms with van der Waals surface area (Å²) >= 11 is 0. The van der Waals surface area contributed by atoms with Crippen molar-refractivity contribution in [3.05, 3.63) is 0 Å². The second-order valence-electron chi connectivity index (χ2n) is 4.32. The molecule has 0 aromatic carbocycles. The van der Waals surface area contributed by atoms with Crippen LogP contribution in [0.5, 0.6) is 0 Å². The maximum atomic E-state index is 11.4. The standard InChI is InChI=1S/C11H22N2O2/c1-9(5-6-15-2)13-11(14)8-12-7-10-3-4-10/h9-10,12H,3-8H2,1-2H3,(H,13,14). The minimum Gasteiger partial charge on any atom is -0.385 e. The zero-order valence-electron chi connectivity index (χ0n) is 9.71. The van der Waals surface area contributed by atoms with Crippen LogP contribution in [-0.4, -0.2) is 38.8 Å². The van der Waals surface area contributed by atoms with E-state index in [9.17, 15) is 4.79 Å². The maximum Gasteiger partial charge on any atom is 0.234 e. The average Bonchev–Trinajstić information content (AvgIpc) is 2.98. The Balaban J connectivity index is 1.95. The molecule has 4 heteroatoms. The summed E-state index contributed by atoms with van der Waals surface area (Å²) in [7, 11) is 1.67. The summed E-state index contributed by atoms with van der Waals surface area (Å²) in [6.07, 6.45) is 3.50. The number of ether oxygens (including phenoxy) is 1. The summed E-state index contributed by atoms with van der Waals surface area (Å²) in [5.74, 6) is 0.906. The molecule has 0 radical (unpaired) electrons. The summed E-state index contributed by atoms with van der Waals surface area (Å²) in [4.78, 5) is 11.4. The van der Waals surface area contributed by atoms with Gasteiger partial charge in [-0.3, -0.25) is 4.79 Å². The third-order valence-electron chi connectivity index (χ3n) is 2.58. The summed E-state index contributed by atoms with van der Waals surface area (Å²) in [5.41, 5.74) is 0. The number of amides is 1. The quantitative estimate of drug-likeness (QED) is 0.619. The number of rotatable bonds is 8. The first-order valence-electron chi connectivity index (χ1n) is 5.71. The van der Waals surface area contributed by atoms with E-state index in [4.69, 9.17) is 4.74 Å². The van der Waals surface area contributed by atoms with Crippen LogP contribution in [0.2, 0.25) is 0 Å². The predicted octanol–water partition coefficient (Wildman–Crippen LogP) is 0.527. The van der Waals surface area contributed by atoms with Crippen molar-refractivity contribution in [1.29, 1.82) is 0 Å². The molecule has 0 aromatic rings. The molecule has 0 bridgehead atoms. The van der Waals surface area contributed by atoms with Crippen molar-refractivity contribution in [1.82, 2.24) is 10.6 Å². The van der Waals surface area contributed by atoms with Crippen LogP contribution in [0.15, 0.2) is 0 Å². The van der Waals surface area contributed by atoms with E-state index in [1.165, 1.54) is 12.8 Å². The van der Waals surface area contributed by atoms with Crippen LogP contribution in [-0.2, 0) is 9.53 Å². The second-order valence-corrected chi connectivity index (χ2v) is 4.32. The first kappa shape index (κ1) is 12.5. The van der Waals surface area contributed by atoms with Gasteiger partial charge >= 0.3 is 0 Å². The Kier molecular flexibility index (Phi) is 5.65. The number of hydrogen-bond acceptors (Lipinski definition) is 3. The molecule has 4 nitrogen and oxygen atoms in total. The number of nitrogens with one attached hydrogen (secondary N) is 2. The number of carbonyl (C=O) groups is 1. The predicted molar refractivity (Wildman–Crippen MR) is 59.7 cm³/mol. The van der Waals surface area contributed by atoms with Gasteiger partial charge in [0.15, 0.2) is 0 Å². The third-order valence-corrected chi connectivity index (χ3v) is 2.58. The van der Waals surface area contributed by atoms with E-state index in [1.807, 2.05) is 6.92 Å².